The topological polar surface area (TPSA) is 20.2 Å². The molecule has 0 spiro atoms. The SMILES string of the molecule is Cc1ccccc1C#CCO. The lowest BCUT2D eigenvalue weighted by Crippen LogP contribution is -1.80. The van der Waals surface area contributed by atoms with Crippen LogP contribution in [0.5, 0.6) is 0 Å². The van der Waals surface area contributed by atoms with Crippen LogP contribution in [0.4, 0.5) is 0 Å². The molecular weight excluding hydrogens is 136 g/mol. The highest BCUT2D eigenvalue weighted by atomic mass is 16.2. The summed E-state index contributed by atoms with van der Waals surface area (Å²) in [4.78, 5) is 0. The molecule has 1 heteroatoms. The maximum absolute atomic E-state index is 8.44. The summed E-state index contributed by atoms with van der Waals surface area (Å²) in [5.74, 6) is 5.47. The highest BCUT2D eigenvalue weighted by Gasteiger charge is 1.88. The first kappa shape index (κ1) is 7.84. The van der Waals surface area contributed by atoms with E-state index in [1.54, 1.807) is 0 Å². The second kappa shape index (κ2) is 3.80. The van der Waals surface area contributed by atoms with E-state index >= 15 is 0 Å². The van der Waals surface area contributed by atoms with Gasteiger partial charge in [0.1, 0.15) is 6.61 Å². The van der Waals surface area contributed by atoms with Gasteiger partial charge in [0.25, 0.3) is 0 Å². The Balaban J connectivity index is 2.95. The van der Waals surface area contributed by atoms with E-state index < -0.39 is 0 Å². The van der Waals surface area contributed by atoms with Gasteiger partial charge in [0, 0.05) is 5.56 Å². The fourth-order valence-electron chi connectivity index (χ4n) is 0.848. The molecule has 0 atom stereocenters. The van der Waals surface area contributed by atoms with E-state index in [1.807, 2.05) is 31.2 Å². The number of hydrogen-bond donors (Lipinski definition) is 1. The van der Waals surface area contributed by atoms with Crippen molar-refractivity contribution in [3.05, 3.63) is 35.4 Å². The molecule has 0 saturated heterocycles. The van der Waals surface area contributed by atoms with E-state index in [9.17, 15) is 0 Å². The van der Waals surface area contributed by atoms with Crippen LogP contribution in [-0.4, -0.2) is 11.7 Å². The Morgan fingerprint density at radius 3 is 2.73 bits per heavy atom. The van der Waals surface area contributed by atoms with E-state index in [4.69, 9.17) is 5.11 Å². The van der Waals surface area contributed by atoms with Crippen molar-refractivity contribution in [2.24, 2.45) is 0 Å². The predicted octanol–water partition coefficient (Wildman–Crippen LogP) is 1.34. The average molecular weight is 146 g/mol. The molecule has 1 nitrogen and oxygen atoms in total. The van der Waals surface area contributed by atoms with Crippen LogP contribution in [-0.2, 0) is 0 Å². The first-order chi connectivity index (χ1) is 5.34. The van der Waals surface area contributed by atoms with Gasteiger partial charge in [-0.1, -0.05) is 30.0 Å². The zero-order valence-corrected chi connectivity index (χ0v) is 6.46. The van der Waals surface area contributed by atoms with Crippen LogP contribution < -0.4 is 0 Å². The van der Waals surface area contributed by atoms with Gasteiger partial charge in [-0.05, 0) is 18.6 Å². The molecule has 1 aromatic rings. The van der Waals surface area contributed by atoms with Crippen LogP contribution in [0, 0.1) is 18.8 Å². The molecule has 0 heterocycles. The summed E-state index contributed by atoms with van der Waals surface area (Å²) >= 11 is 0. The third kappa shape index (κ3) is 2.10. The zero-order chi connectivity index (χ0) is 8.10. The fraction of sp³-hybridized carbons (Fsp3) is 0.200. The van der Waals surface area contributed by atoms with Gasteiger partial charge in [0.15, 0.2) is 0 Å². The molecule has 0 fully saturated rings. The van der Waals surface area contributed by atoms with E-state index in [1.165, 1.54) is 0 Å². The van der Waals surface area contributed by atoms with E-state index in [0.29, 0.717) is 0 Å². The standard InChI is InChI=1S/C10H10O/c1-9-5-2-3-6-10(9)7-4-8-11/h2-3,5-6,11H,8H2,1H3. The van der Waals surface area contributed by atoms with Crippen molar-refractivity contribution in [2.45, 2.75) is 6.92 Å². The van der Waals surface area contributed by atoms with Crippen molar-refractivity contribution in [2.75, 3.05) is 6.61 Å². The molecule has 1 N–H and O–H groups in total. The Labute approximate surface area is 66.7 Å². The Morgan fingerprint density at radius 1 is 1.36 bits per heavy atom. The normalized spacial score (nSPS) is 8.55. The molecule has 0 aliphatic rings. The molecule has 0 saturated carbocycles. The van der Waals surface area contributed by atoms with Crippen molar-refractivity contribution in [1.82, 2.24) is 0 Å². The molecule has 0 radical (unpaired) electrons. The van der Waals surface area contributed by atoms with Crippen molar-refractivity contribution >= 4 is 0 Å². The summed E-state index contributed by atoms with van der Waals surface area (Å²) in [5, 5.41) is 8.44. The number of aliphatic hydroxyl groups excluding tert-OH is 1. The van der Waals surface area contributed by atoms with Crippen LogP contribution in [0.3, 0.4) is 0 Å². The summed E-state index contributed by atoms with van der Waals surface area (Å²) < 4.78 is 0. The highest BCUT2D eigenvalue weighted by molar-refractivity contribution is 5.40. The number of aliphatic hydroxyl groups is 1. The number of rotatable bonds is 0. The van der Waals surface area contributed by atoms with Crippen LogP contribution in [0.2, 0.25) is 0 Å². The second-order valence-corrected chi connectivity index (χ2v) is 2.27. The molecular formula is C10H10O. The predicted molar refractivity (Wildman–Crippen MR) is 45.1 cm³/mol. The molecule has 1 rings (SSSR count). The molecule has 0 bridgehead atoms. The molecule has 0 unspecified atom stereocenters. The van der Waals surface area contributed by atoms with Gasteiger partial charge in [-0.3, -0.25) is 0 Å². The Hall–Kier alpha value is -1.26. The van der Waals surface area contributed by atoms with Crippen molar-refractivity contribution in [1.29, 1.82) is 0 Å². The van der Waals surface area contributed by atoms with Crippen molar-refractivity contribution in [3.8, 4) is 11.8 Å². The Kier molecular flexibility index (Phi) is 2.71. The molecule has 56 valence electrons. The zero-order valence-electron chi connectivity index (χ0n) is 6.46. The van der Waals surface area contributed by atoms with Gasteiger partial charge in [-0.25, -0.2) is 0 Å². The van der Waals surface area contributed by atoms with E-state index in [2.05, 4.69) is 11.8 Å². The lowest BCUT2D eigenvalue weighted by atomic mass is 10.1. The smallest absolute Gasteiger partial charge is 0.104 e. The van der Waals surface area contributed by atoms with Gasteiger partial charge >= 0.3 is 0 Å². The second-order valence-electron chi connectivity index (χ2n) is 2.27. The summed E-state index contributed by atoms with van der Waals surface area (Å²) in [6.45, 7) is 1.93. The molecule has 0 aliphatic heterocycles. The molecule has 0 aliphatic carbocycles. The summed E-state index contributed by atoms with van der Waals surface area (Å²) in [6, 6.07) is 7.85. The van der Waals surface area contributed by atoms with Crippen molar-refractivity contribution in [3.63, 3.8) is 0 Å². The number of benzene rings is 1. The highest BCUT2D eigenvalue weighted by Crippen LogP contribution is 2.03. The van der Waals surface area contributed by atoms with E-state index in [0.717, 1.165) is 11.1 Å². The lowest BCUT2D eigenvalue weighted by molar-refractivity contribution is 0.350. The van der Waals surface area contributed by atoms with Crippen LogP contribution >= 0.6 is 0 Å². The maximum atomic E-state index is 8.44. The molecule has 0 amide bonds. The van der Waals surface area contributed by atoms with Gasteiger partial charge in [-0.2, -0.15) is 0 Å². The van der Waals surface area contributed by atoms with Gasteiger partial charge in [-0.15, -0.1) is 0 Å². The number of aryl methyl sites for hydroxylation is 1. The van der Waals surface area contributed by atoms with E-state index in [-0.39, 0.29) is 6.61 Å². The van der Waals surface area contributed by atoms with Crippen LogP contribution in [0.15, 0.2) is 24.3 Å². The third-order valence-electron chi connectivity index (χ3n) is 1.45. The summed E-state index contributed by atoms with van der Waals surface area (Å²) in [5.41, 5.74) is 2.13. The van der Waals surface area contributed by atoms with Crippen LogP contribution in [0.1, 0.15) is 11.1 Å². The van der Waals surface area contributed by atoms with Crippen molar-refractivity contribution < 1.29 is 5.11 Å². The lowest BCUT2D eigenvalue weighted by Gasteiger charge is -1.93. The third-order valence-corrected chi connectivity index (χ3v) is 1.45. The molecule has 1 aromatic carbocycles. The Bertz CT molecular complexity index is 291. The quantitative estimate of drug-likeness (QED) is 0.547. The minimum atomic E-state index is -0.0751. The first-order valence-corrected chi connectivity index (χ1v) is 3.50. The maximum Gasteiger partial charge on any atom is 0.104 e. The van der Waals surface area contributed by atoms with Gasteiger partial charge in [0.05, 0.1) is 0 Å². The fourth-order valence-corrected chi connectivity index (χ4v) is 0.848. The first-order valence-electron chi connectivity index (χ1n) is 3.50. The summed E-state index contributed by atoms with van der Waals surface area (Å²) in [7, 11) is 0. The minimum Gasteiger partial charge on any atom is -0.384 e. The monoisotopic (exact) mass is 146 g/mol. The largest absolute Gasteiger partial charge is 0.384 e. The number of hydrogen-bond acceptors (Lipinski definition) is 1. The summed E-state index contributed by atoms with van der Waals surface area (Å²) in [6.07, 6.45) is 0. The van der Waals surface area contributed by atoms with Crippen LogP contribution in [0.25, 0.3) is 0 Å². The minimum absolute atomic E-state index is 0.0751. The average Bonchev–Trinajstić information content (AvgIpc) is 2.03. The van der Waals surface area contributed by atoms with Gasteiger partial charge in [0.2, 0.25) is 0 Å². The molecule has 11 heavy (non-hydrogen) atoms. The molecule has 0 aromatic heterocycles. The Morgan fingerprint density at radius 2 is 2.09 bits per heavy atom. The van der Waals surface area contributed by atoms with Gasteiger partial charge < -0.3 is 5.11 Å².